The highest BCUT2D eigenvalue weighted by molar-refractivity contribution is 5.32. The monoisotopic (exact) mass is 356 g/mol. The Kier molecular flexibility index (Phi) is 6.93. The van der Waals surface area contributed by atoms with Gasteiger partial charge in [-0.15, -0.1) is 0 Å². The van der Waals surface area contributed by atoms with Crippen molar-refractivity contribution in [2.45, 2.75) is 64.7 Å². The molecule has 2 aliphatic carbocycles. The van der Waals surface area contributed by atoms with Crippen molar-refractivity contribution >= 4 is 0 Å². The fourth-order valence-electron chi connectivity index (χ4n) is 4.85. The fraction of sp³-hybridized carbons (Fsp3) is 0.583. The molecule has 0 bridgehead atoms. The molecule has 0 spiro atoms. The predicted octanol–water partition coefficient (Wildman–Crippen LogP) is 7.05. The summed E-state index contributed by atoms with van der Waals surface area (Å²) < 4.78 is 19.9. The molecule has 1 aromatic carbocycles. The van der Waals surface area contributed by atoms with E-state index in [1.807, 2.05) is 25.1 Å². The molecule has 0 aliphatic heterocycles. The van der Waals surface area contributed by atoms with Gasteiger partial charge in [0.15, 0.2) is 11.6 Å². The normalized spacial score (nSPS) is 29.2. The average Bonchev–Trinajstić information content (AvgIpc) is 2.67. The number of rotatable bonds is 6. The van der Waals surface area contributed by atoms with Gasteiger partial charge < -0.3 is 4.74 Å². The maximum absolute atomic E-state index is 14.4. The van der Waals surface area contributed by atoms with Crippen LogP contribution in [-0.2, 0) is 0 Å². The lowest BCUT2D eigenvalue weighted by atomic mass is 9.64. The predicted molar refractivity (Wildman–Crippen MR) is 107 cm³/mol. The third kappa shape index (κ3) is 4.78. The first kappa shape index (κ1) is 19.2. The van der Waals surface area contributed by atoms with Gasteiger partial charge in [-0.05, 0) is 93.2 Å². The Hall–Kier alpha value is -1.57. The smallest absolute Gasteiger partial charge is 0.165 e. The summed E-state index contributed by atoms with van der Waals surface area (Å²) in [5.74, 6) is 3.15. The second kappa shape index (κ2) is 9.39. The van der Waals surface area contributed by atoms with Crippen LogP contribution in [-0.4, -0.2) is 6.61 Å². The summed E-state index contributed by atoms with van der Waals surface area (Å²) in [6.45, 7) is 4.57. The summed E-state index contributed by atoms with van der Waals surface area (Å²) in [6.07, 6.45) is 17.5. The summed E-state index contributed by atoms with van der Waals surface area (Å²) in [6, 6.07) is 5.60. The second-order valence-electron chi connectivity index (χ2n) is 8.01. The van der Waals surface area contributed by atoms with Crippen LogP contribution < -0.4 is 4.74 Å². The molecule has 4 atom stereocenters. The SMILES string of the molecule is CC=CCOc1ccc(C2CC[C@@H]3C[C@H](C=CCC)CC[C@@H]3C2)cc1F. The first-order valence-electron chi connectivity index (χ1n) is 10.4. The molecule has 2 aliphatic rings. The summed E-state index contributed by atoms with van der Waals surface area (Å²) in [7, 11) is 0. The molecule has 0 saturated heterocycles. The Morgan fingerprint density at radius 3 is 2.65 bits per heavy atom. The minimum atomic E-state index is -0.220. The van der Waals surface area contributed by atoms with Gasteiger partial charge in [0.25, 0.3) is 0 Å². The van der Waals surface area contributed by atoms with Crippen LogP contribution in [0, 0.1) is 23.6 Å². The summed E-state index contributed by atoms with van der Waals surface area (Å²) in [4.78, 5) is 0. The molecule has 2 saturated carbocycles. The van der Waals surface area contributed by atoms with Crippen molar-refractivity contribution in [2.75, 3.05) is 6.61 Å². The van der Waals surface area contributed by atoms with Gasteiger partial charge in [0.1, 0.15) is 6.61 Å². The Balaban J connectivity index is 1.59. The Bertz CT molecular complexity index is 633. The van der Waals surface area contributed by atoms with Gasteiger partial charge in [-0.2, -0.15) is 0 Å². The van der Waals surface area contributed by atoms with E-state index in [1.54, 1.807) is 6.07 Å². The molecule has 0 N–H and O–H groups in total. The van der Waals surface area contributed by atoms with Gasteiger partial charge >= 0.3 is 0 Å². The van der Waals surface area contributed by atoms with E-state index in [9.17, 15) is 4.39 Å². The van der Waals surface area contributed by atoms with Gasteiger partial charge in [0, 0.05) is 0 Å². The molecule has 1 nitrogen and oxygen atoms in total. The number of ether oxygens (including phenoxy) is 1. The van der Waals surface area contributed by atoms with E-state index in [4.69, 9.17) is 4.74 Å². The lowest BCUT2D eigenvalue weighted by Gasteiger charge is -2.41. The summed E-state index contributed by atoms with van der Waals surface area (Å²) in [5.41, 5.74) is 1.16. The van der Waals surface area contributed by atoms with Crippen molar-refractivity contribution in [1.29, 1.82) is 0 Å². The van der Waals surface area contributed by atoms with E-state index in [-0.39, 0.29) is 5.82 Å². The largest absolute Gasteiger partial charge is 0.486 e. The Morgan fingerprint density at radius 1 is 1.08 bits per heavy atom. The molecule has 26 heavy (non-hydrogen) atoms. The highest BCUT2D eigenvalue weighted by atomic mass is 19.1. The number of hydrogen-bond donors (Lipinski definition) is 0. The molecule has 0 aromatic heterocycles. The number of fused-ring (bicyclic) bond motifs is 1. The zero-order chi connectivity index (χ0) is 18.4. The third-order valence-corrected chi connectivity index (χ3v) is 6.30. The number of benzene rings is 1. The van der Waals surface area contributed by atoms with Gasteiger partial charge in [-0.25, -0.2) is 4.39 Å². The first-order chi connectivity index (χ1) is 12.7. The van der Waals surface area contributed by atoms with Crippen LogP contribution in [0.4, 0.5) is 4.39 Å². The molecule has 142 valence electrons. The molecule has 2 heteroatoms. The Morgan fingerprint density at radius 2 is 1.88 bits per heavy atom. The second-order valence-corrected chi connectivity index (χ2v) is 8.01. The minimum Gasteiger partial charge on any atom is -0.486 e. The number of hydrogen-bond acceptors (Lipinski definition) is 1. The standard InChI is InChI=1S/C24H33FO/c1-3-5-7-18-8-9-20-16-21(11-10-19(20)15-18)22-12-13-24(23(25)17-22)26-14-6-4-2/h4-7,12-13,17-21H,3,8-11,14-16H2,1-2H3/t18-,19-,20-,21?/m1/s1. The summed E-state index contributed by atoms with van der Waals surface area (Å²) in [5, 5.41) is 0. The molecular formula is C24H33FO. The van der Waals surface area contributed by atoms with Crippen LogP contribution in [0.2, 0.25) is 0 Å². The molecule has 0 amide bonds. The highest BCUT2D eigenvalue weighted by Gasteiger charge is 2.35. The number of allylic oxidation sites excluding steroid dienone is 3. The average molecular weight is 357 g/mol. The maximum atomic E-state index is 14.4. The third-order valence-electron chi connectivity index (χ3n) is 6.30. The fourth-order valence-corrected chi connectivity index (χ4v) is 4.85. The van der Waals surface area contributed by atoms with Crippen LogP contribution in [0.25, 0.3) is 0 Å². The van der Waals surface area contributed by atoms with E-state index in [0.29, 0.717) is 18.3 Å². The highest BCUT2D eigenvalue weighted by Crippen LogP contribution is 2.48. The molecule has 3 rings (SSSR count). The molecule has 1 aromatic rings. The van der Waals surface area contributed by atoms with Crippen LogP contribution in [0.1, 0.15) is 70.3 Å². The molecular weight excluding hydrogens is 323 g/mol. The van der Waals surface area contributed by atoms with E-state index >= 15 is 0 Å². The van der Waals surface area contributed by atoms with Crippen molar-refractivity contribution in [2.24, 2.45) is 17.8 Å². The minimum absolute atomic E-state index is 0.220. The van der Waals surface area contributed by atoms with E-state index < -0.39 is 0 Å². The Labute approximate surface area is 158 Å². The molecule has 0 heterocycles. The van der Waals surface area contributed by atoms with Crippen LogP contribution >= 0.6 is 0 Å². The van der Waals surface area contributed by atoms with Crippen molar-refractivity contribution in [3.8, 4) is 5.75 Å². The van der Waals surface area contributed by atoms with Crippen LogP contribution in [0.5, 0.6) is 5.75 Å². The molecule has 2 fully saturated rings. The van der Waals surface area contributed by atoms with Crippen LogP contribution in [0.3, 0.4) is 0 Å². The quantitative estimate of drug-likeness (QED) is 0.496. The molecule has 1 unspecified atom stereocenters. The van der Waals surface area contributed by atoms with Crippen molar-refractivity contribution in [1.82, 2.24) is 0 Å². The maximum Gasteiger partial charge on any atom is 0.165 e. The molecule has 0 radical (unpaired) electrons. The van der Waals surface area contributed by atoms with E-state index in [0.717, 1.165) is 29.7 Å². The lowest BCUT2D eigenvalue weighted by molar-refractivity contribution is 0.133. The van der Waals surface area contributed by atoms with Crippen LogP contribution in [0.15, 0.2) is 42.5 Å². The van der Waals surface area contributed by atoms with Gasteiger partial charge in [0.05, 0.1) is 0 Å². The topological polar surface area (TPSA) is 9.23 Å². The van der Waals surface area contributed by atoms with Crippen molar-refractivity contribution in [3.63, 3.8) is 0 Å². The van der Waals surface area contributed by atoms with E-state index in [1.165, 1.54) is 38.5 Å². The van der Waals surface area contributed by atoms with Crippen molar-refractivity contribution < 1.29 is 9.13 Å². The number of halogens is 1. The van der Waals surface area contributed by atoms with Gasteiger partial charge in [0.2, 0.25) is 0 Å². The van der Waals surface area contributed by atoms with Crippen molar-refractivity contribution in [3.05, 3.63) is 53.9 Å². The first-order valence-corrected chi connectivity index (χ1v) is 10.4. The van der Waals surface area contributed by atoms with E-state index in [2.05, 4.69) is 25.1 Å². The van der Waals surface area contributed by atoms with Gasteiger partial charge in [-0.3, -0.25) is 0 Å². The zero-order valence-corrected chi connectivity index (χ0v) is 16.3. The zero-order valence-electron chi connectivity index (χ0n) is 16.3. The summed E-state index contributed by atoms with van der Waals surface area (Å²) >= 11 is 0. The van der Waals surface area contributed by atoms with Gasteiger partial charge in [-0.1, -0.05) is 37.3 Å². The lowest BCUT2D eigenvalue weighted by Crippen LogP contribution is -2.30.